The first-order chi connectivity index (χ1) is 10.0. The fraction of sp³-hybridized carbons (Fsp3) is 0.588. The highest BCUT2D eigenvalue weighted by Gasteiger charge is 2.25. The number of nitrogens with zero attached hydrogens (tertiary/aromatic N) is 1. The van der Waals surface area contributed by atoms with Crippen molar-refractivity contribution in [3.05, 3.63) is 35.1 Å². The van der Waals surface area contributed by atoms with E-state index in [-0.39, 0.29) is 23.6 Å². The third-order valence-electron chi connectivity index (χ3n) is 4.33. The minimum atomic E-state index is -0.277. The highest BCUT2D eigenvalue weighted by molar-refractivity contribution is 5.85. The summed E-state index contributed by atoms with van der Waals surface area (Å²) in [5.41, 5.74) is 1.36. The number of ketones is 1. The van der Waals surface area contributed by atoms with Crippen molar-refractivity contribution in [3.63, 3.8) is 0 Å². The molecule has 4 heteroatoms. The van der Waals surface area contributed by atoms with E-state index >= 15 is 0 Å². The second kappa shape index (κ2) is 7.14. The Hall–Kier alpha value is -1.26. The van der Waals surface area contributed by atoms with Crippen molar-refractivity contribution < 1.29 is 14.3 Å². The van der Waals surface area contributed by atoms with E-state index in [1.54, 1.807) is 13.0 Å². The lowest BCUT2D eigenvalue weighted by atomic mass is 9.91. The van der Waals surface area contributed by atoms with Gasteiger partial charge in [-0.05, 0) is 37.0 Å². The van der Waals surface area contributed by atoms with Gasteiger partial charge in [-0.15, -0.1) is 0 Å². The van der Waals surface area contributed by atoms with Crippen molar-refractivity contribution in [1.82, 2.24) is 4.90 Å². The van der Waals surface area contributed by atoms with Crippen LogP contribution in [0.5, 0.6) is 0 Å². The highest BCUT2D eigenvalue weighted by Crippen LogP contribution is 2.24. The van der Waals surface area contributed by atoms with Gasteiger partial charge in [0.25, 0.3) is 0 Å². The van der Waals surface area contributed by atoms with Crippen molar-refractivity contribution in [2.24, 2.45) is 0 Å². The number of likely N-dealkylation sites (tertiary alicyclic amines) is 1. The summed E-state index contributed by atoms with van der Waals surface area (Å²) >= 11 is 0. The molecule has 3 nitrogen and oxygen atoms in total. The van der Waals surface area contributed by atoms with Gasteiger partial charge in [-0.2, -0.15) is 0 Å². The first kappa shape index (κ1) is 16.1. The zero-order valence-corrected chi connectivity index (χ0v) is 12.8. The molecule has 1 aromatic rings. The second-order valence-electron chi connectivity index (χ2n) is 5.91. The third-order valence-corrected chi connectivity index (χ3v) is 4.33. The van der Waals surface area contributed by atoms with Crippen LogP contribution in [0.1, 0.15) is 43.2 Å². The number of aliphatic hydroxyl groups is 1. The van der Waals surface area contributed by atoms with E-state index in [4.69, 9.17) is 0 Å². The van der Waals surface area contributed by atoms with E-state index in [0.717, 1.165) is 31.5 Å². The van der Waals surface area contributed by atoms with Crippen LogP contribution in [-0.2, 0) is 4.79 Å². The minimum absolute atomic E-state index is 0.143. The lowest BCUT2D eigenvalue weighted by molar-refractivity contribution is -0.120. The molecule has 116 valence electrons. The van der Waals surface area contributed by atoms with Gasteiger partial charge in [-0.3, -0.25) is 4.79 Å². The Morgan fingerprint density at radius 3 is 2.67 bits per heavy atom. The molecular weight excluding hydrogens is 269 g/mol. The number of rotatable bonds is 5. The maximum atomic E-state index is 13.8. The van der Waals surface area contributed by atoms with Crippen molar-refractivity contribution >= 4 is 5.78 Å². The Kier molecular flexibility index (Phi) is 5.48. The van der Waals surface area contributed by atoms with Crippen LogP contribution in [0.2, 0.25) is 0 Å². The van der Waals surface area contributed by atoms with Crippen molar-refractivity contribution in [3.8, 4) is 0 Å². The van der Waals surface area contributed by atoms with Gasteiger partial charge in [-0.25, -0.2) is 4.39 Å². The molecule has 1 atom stereocenters. The molecular formula is C17H24FNO2. The molecule has 1 N–H and O–H groups in total. The first-order valence-electron chi connectivity index (χ1n) is 7.70. The van der Waals surface area contributed by atoms with Crippen LogP contribution >= 0.6 is 0 Å². The maximum Gasteiger partial charge on any atom is 0.141 e. The molecule has 1 aliphatic rings. The Bertz CT molecular complexity index is 496. The van der Waals surface area contributed by atoms with E-state index < -0.39 is 0 Å². The number of piperidine rings is 1. The SMILES string of the molecule is CCC(=O)[C@H](CN1CCC(O)CC1)c1ccc(C)c(F)c1. The van der Waals surface area contributed by atoms with Crippen molar-refractivity contribution in [2.75, 3.05) is 19.6 Å². The van der Waals surface area contributed by atoms with E-state index in [1.807, 2.05) is 13.0 Å². The van der Waals surface area contributed by atoms with E-state index in [1.165, 1.54) is 6.07 Å². The third kappa shape index (κ3) is 4.11. The normalized spacial score (nSPS) is 18.7. The molecule has 1 fully saturated rings. The number of benzene rings is 1. The Morgan fingerprint density at radius 1 is 1.43 bits per heavy atom. The highest BCUT2D eigenvalue weighted by atomic mass is 19.1. The molecule has 21 heavy (non-hydrogen) atoms. The minimum Gasteiger partial charge on any atom is -0.393 e. The number of carbonyl (C=O) groups is 1. The summed E-state index contributed by atoms with van der Waals surface area (Å²) in [6, 6.07) is 5.09. The second-order valence-corrected chi connectivity index (χ2v) is 5.91. The van der Waals surface area contributed by atoms with Crippen LogP contribution in [0, 0.1) is 12.7 Å². The standard InChI is InChI=1S/C17H24FNO2/c1-3-17(21)15(11-19-8-6-14(20)7-9-19)13-5-4-12(2)16(18)10-13/h4-5,10,14-15,20H,3,6-9,11H2,1-2H3/t15-/m1/s1. The molecule has 0 aliphatic carbocycles. The molecule has 0 amide bonds. The van der Waals surface area contributed by atoms with Crippen LogP contribution in [-0.4, -0.2) is 41.5 Å². The zero-order chi connectivity index (χ0) is 15.4. The van der Waals surface area contributed by atoms with Gasteiger partial charge in [-0.1, -0.05) is 19.1 Å². The van der Waals surface area contributed by atoms with Gasteiger partial charge in [0.05, 0.1) is 12.0 Å². The van der Waals surface area contributed by atoms with Crippen LogP contribution in [0.4, 0.5) is 4.39 Å². The van der Waals surface area contributed by atoms with Gasteiger partial charge in [0.2, 0.25) is 0 Å². The Labute approximate surface area is 125 Å². The Balaban J connectivity index is 2.14. The van der Waals surface area contributed by atoms with Gasteiger partial charge in [0.15, 0.2) is 0 Å². The molecule has 0 unspecified atom stereocenters. The topological polar surface area (TPSA) is 40.5 Å². The molecule has 0 saturated carbocycles. The molecule has 0 radical (unpaired) electrons. The molecule has 1 aromatic carbocycles. The van der Waals surface area contributed by atoms with E-state index in [0.29, 0.717) is 18.5 Å². The summed E-state index contributed by atoms with van der Waals surface area (Å²) in [6.07, 6.45) is 1.72. The van der Waals surface area contributed by atoms with E-state index in [9.17, 15) is 14.3 Å². The number of Topliss-reactive ketones (excluding diaryl/α,β-unsaturated/α-hetero) is 1. The van der Waals surface area contributed by atoms with Crippen LogP contribution < -0.4 is 0 Å². The smallest absolute Gasteiger partial charge is 0.141 e. The molecule has 2 rings (SSSR count). The fourth-order valence-electron chi connectivity index (χ4n) is 2.83. The number of aliphatic hydroxyl groups excluding tert-OH is 1. The summed E-state index contributed by atoms with van der Waals surface area (Å²) in [6.45, 7) is 5.77. The molecule has 1 saturated heterocycles. The van der Waals surface area contributed by atoms with Gasteiger partial charge < -0.3 is 10.0 Å². The Morgan fingerprint density at radius 2 is 2.10 bits per heavy atom. The number of halogens is 1. The van der Waals surface area contributed by atoms with Crippen LogP contribution in [0.25, 0.3) is 0 Å². The number of hydrogen-bond acceptors (Lipinski definition) is 3. The molecule has 1 aliphatic heterocycles. The van der Waals surface area contributed by atoms with Crippen LogP contribution in [0.3, 0.4) is 0 Å². The molecule has 0 bridgehead atoms. The van der Waals surface area contributed by atoms with E-state index in [2.05, 4.69) is 4.90 Å². The van der Waals surface area contributed by atoms with Gasteiger partial charge >= 0.3 is 0 Å². The first-order valence-corrected chi connectivity index (χ1v) is 7.70. The maximum absolute atomic E-state index is 13.8. The van der Waals surface area contributed by atoms with Crippen molar-refractivity contribution in [1.29, 1.82) is 0 Å². The van der Waals surface area contributed by atoms with Gasteiger partial charge in [0, 0.05) is 26.1 Å². The zero-order valence-electron chi connectivity index (χ0n) is 12.8. The summed E-state index contributed by atoms with van der Waals surface area (Å²) in [7, 11) is 0. The van der Waals surface area contributed by atoms with Crippen molar-refractivity contribution in [2.45, 2.75) is 45.1 Å². The lowest BCUT2D eigenvalue weighted by Crippen LogP contribution is -2.39. The lowest BCUT2D eigenvalue weighted by Gasteiger charge is -2.32. The molecule has 1 heterocycles. The number of aryl methyl sites for hydroxylation is 1. The predicted molar refractivity (Wildman–Crippen MR) is 80.9 cm³/mol. The number of carbonyl (C=O) groups excluding carboxylic acids is 1. The molecule has 0 spiro atoms. The summed E-state index contributed by atoms with van der Waals surface area (Å²) < 4.78 is 13.8. The van der Waals surface area contributed by atoms with Crippen LogP contribution in [0.15, 0.2) is 18.2 Å². The quantitative estimate of drug-likeness (QED) is 0.907. The van der Waals surface area contributed by atoms with Gasteiger partial charge in [0.1, 0.15) is 11.6 Å². The largest absolute Gasteiger partial charge is 0.393 e. The average molecular weight is 293 g/mol. The summed E-state index contributed by atoms with van der Waals surface area (Å²) in [5.74, 6) is -0.389. The number of hydrogen-bond donors (Lipinski definition) is 1. The fourth-order valence-corrected chi connectivity index (χ4v) is 2.83. The average Bonchev–Trinajstić information content (AvgIpc) is 2.49. The molecule has 0 aromatic heterocycles. The summed E-state index contributed by atoms with van der Waals surface area (Å²) in [4.78, 5) is 14.4. The monoisotopic (exact) mass is 293 g/mol. The summed E-state index contributed by atoms with van der Waals surface area (Å²) in [5, 5.41) is 9.56. The predicted octanol–water partition coefficient (Wildman–Crippen LogP) is 2.65.